The molecule has 1 aromatic carbocycles. The summed E-state index contributed by atoms with van der Waals surface area (Å²) < 4.78 is 14.3. The lowest BCUT2D eigenvalue weighted by Crippen LogP contribution is -2.44. The van der Waals surface area contributed by atoms with Gasteiger partial charge in [0, 0.05) is 37.6 Å². The number of benzene rings is 1. The molecule has 1 fully saturated rings. The Bertz CT molecular complexity index is 988. The molecular weight excluding hydrogens is 397 g/mol. The number of amides is 1. The van der Waals surface area contributed by atoms with Crippen LogP contribution in [0.5, 0.6) is 0 Å². The van der Waals surface area contributed by atoms with E-state index in [1.54, 1.807) is 0 Å². The third-order valence-electron chi connectivity index (χ3n) is 5.88. The molecule has 31 heavy (non-hydrogen) atoms. The topological polar surface area (TPSA) is 99.4 Å². The second-order valence-corrected chi connectivity index (χ2v) is 8.15. The zero-order valence-corrected chi connectivity index (χ0v) is 17.8. The number of piperazine rings is 1. The summed E-state index contributed by atoms with van der Waals surface area (Å²) in [5, 5.41) is 6.11. The average Bonchev–Trinajstić information content (AvgIpc) is 3.20. The van der Waals surface area contributed by atoms with Gasteiger partial charge in [0.15, 0.2) is 11.6 Å². The van der Waals surface area contributed by atoms with Crippen molar-refractivity contribution in [1.82, 2.24) is 14.9 Å². The van der Waals surface area contributed by atoms with Crippen molar-refractivity contribution in [3.63, 3.8) is 0 Å². The fourth-order valence-corrected chi connectivity index (χ4v) is 4.05. The van der Waals surface area contributed by atoms with Gasteiger partial charge in [0.2, 0.25) is 11.9 Å². The summed E-state index contributed by atoms with van der Waals surface area (Å²) in [6.07, 6.45) is 5.31. The Kier molecular flexibility index (Phi) is 6.03. The molecule has 1 aliphatic carbocycles. The number of hydrogen-bond donors (Lipinski definition) is 3. The van der Waals surface area contributed by atoms with E-state index in [1.165, 1.54) is 5.69 Å². The number of aromatic nitrogens is 2. The average molecular weight is 426 g/mol. The van der Waals surface area contributed by atoms with Gasteiger partial charge in [-0.2, -0.15) is 4.98 Å². The number of carbonyl (C=O) groups excluding carboxylic acids is 1. The van der Waals surface area contributed by atoms with Crippen molar-refractivity contribution in [3.8, 4) is 0 Å². The Balaban J connectivity index is 1.47. The summed E-state index contributed by atoms with van der Waals surface area (Å²) in [5.41, 5.74) is 8.62. The zero-order valence-electron chi connectivity index (χ0n) is 17.8. The second-order valence-electron chi connectivity index (χ2n) is 8.15. The monoisotopic (exact) mass is 425 g/mol. The predicted molar refractivity (Wildman–Crippen MR) is 120 cm³/mol. The number of anilines is 4. The molecule has 0 radical (unpaired) electrons. The lowest BCUT2D eigenvalue weighted by atomic mass is 10.0. The fourth-order valence-electron chi connectivity index (χ4n) is 4.05. The maximum atomic E-state index is 14.3. The summed E-state index contributed by atoms with van der Waals surface area (Å²) in [7, 11) is 2.14. The van der Waals surface area contributed by atoms with Crippen molar-refractivity contribution in [2.75, 3.05) is 48.8 Å². The van der Waals surface area contributed by atoms with Crippen LogP contribution in [-0.4, -0.2) is 60.0 Å². The van der Waals surface area contributed by atoms with Gasteiger partial charge in [-0.15, -0.1) is 0 Å². The maximum absolute atomic E-state index is 14.3. The van der Waals surface area contributed by atoms with Crippen LogP contribution in [0.15, 0.2) is 36.5 Å². The van der Waals surface area contributed by atoms with Crippen molar-refractivity contribution < 1.29 is 9.18 Å². The molecule has 8 nitrogen and oxygen atoms in total. The molecule has 164 valence electrons. The van der Waals surface area contributed by atoms with Gasteiger partial charge >= 0.3 is 0 Å². The van der Waals surface area contributed by atoms with E-state index in [-0.39, 0.29) is 17.8 Å². The quantitative estimate of drug-likeness (QED) is 0.611. The van der Waals surface area contributed by atoms with Crippen molar-refractivity contribution in [2.24, 2.45) is 11.7 Å². The Hall–Kier alpha value is -3.20. The molecule has 4 N–H and O–H groups in total. The van der Waals surface area contributed by atoms with Crippen LogP contribution in [0.2, 0.25) is 0 Å². The first-order valence-electron chi connectivity index (χ1n) is 10.5. The molecule has 1 aliphatic heterocycles. The summed E-state index contributed by atoms with van der Waals surface area (Å²) in [6, 6.07) is 5.71. The highest BCUT2D eigenvalue weighted by Gasteiger charge is 2.28. The standard InChI is InChI=1S/C22H28FN7O/c1-14-12-15(6-7-19(14)30-10-8-29(2)9-11-30)26-22-25-13-17(23)21(28-22)27-18-5-3-4-16(18)20(24)31/h3,5-7,12-13,16,18H,4,8-11H2,1-2H3,(H2,24,31)(H2,25,26,27,28)/t16-,18+/m1/s1. The highest BCUT2D eigenvalue weighted by Crippen LogP contribution is 2.27. The Morgan fingerprint density at radius 1 is 1.26 bits per heavy atom. The number of aryl methyl sites for hydroxylation is 1. The van der Waals surface area contributed by atoms with Crippen LogP contribution >= 0.6 is 0 Å². The number of halogens is 1. The normalized spacial score (nSPS) is 21.3. The van der Waals surface area contributed by atoms with Crippen LogP contribution in [0.4, 0.5) is 27.5 Å². The number of nitrogens with one attached hydrogen (secondary N) is 2. The minimum absolute atomic E-state index is 0.0334. The summed E-state index contributed by atoms with van der Waals surface area (Å²) in [5.74, 6) is -1.13. The second kappa shape index (κ2) is 8.89. The van der Waals surface area contributed by atoms with Crippen LogP contribution in [0.25, 0.3) is 0 Å². The molecule has 1 saturated heterocycles. The van der Waals surface area contributed by atoms with E-state index in [0.717, 1.165) is 43.6 Å². The van der Waals surface area contributed by atoms with Gasteiger partial charge in [-0.25, -0.2) is 9.37 Å². The number of nitrogens with zero attached hydrogens (tertiary/aromatic N) is 4. The van der Waals surface area contributed by atoms with E-state index < -0.39 is 17.6 Å². The van der Waals surface area contributed by atoms with Crippen LogP contribution < -0.4 is 21.3 Å². The molecule has 9 heteroatoms. The summed E-state index contributed by atoms with van der Waals surface area (Å²) in [6.45, 7) is 6.18. The van der Waals surface area contributed by atoms with Crippen molar-refractivity contribution >= 4 is 29.0 Å². The summed E-state index contributed by atoms with van der Waals surface area (Å²) in [4.78, 5) is 24.6. The van der Waals surface area contributed by atoms with Gasteiger partial charge in [0.1, 0.15) is 0 Å². The van der Waals surface area contributed by atoms with Gasteiger partial charge in [-0.3, -0.25) is 4.79 Å². The molecule has 2 heterocycles. The Labute approximate surface area is 181 Å². The Morgan fingerprint density at radius 3 is 2.74 bits per heavy atom. The highest BCUT2D eigenvalue weighted by atomic mass is 19.1. The van der Waals surface area contributed by atoms with E-state index in [0.29, 0.717) is 6.42 Å². The molecule has 2 aromatic rings. The smallest absolute Gasteiger partial charge is 0.229 e. The van der Waals surface area contributed by atoms with Gasteiger partial charge in [0.25, 0.3) is 0 Å². The van der Waals surface area contributed by atoms with Crippen LogP contribution in [0, 0.1) is 18.7 Å². The number of allylic oxidation sites excluding steroid dienone is 1. The Morgan fingerprint density at radius 2 is 2.03 bits per heavy atom. The first-order chi connectivity index (χ1) is 14.9. The SMILES string of the molecule is Cc1cc(Nc2ncc(F)c(N[C@H]3C=CC[C@H]3C(N)=O)n2)ccc1N1CCN(C)CC1. The molecule has 0 saturated carbocycles. The molecule has 0 bridgehead atoms. The van der Waals surface area contributed by atoms with E-state index in [9.17, 15) is 9.18 Å². The van der Waals surface area contributed by atoms with Gasteiger partial charge < -0.3 is 26.2 Å². The van der Waals surface area contributed by atoms with Crippen molar-refractivity contribution in [2.45, 2.75) is 19.4 Å². The molecular formula is C22H28FN7O. The lowest BCUT2D eigenvalue weighted by Gasteiger charge is -2.35. The van der Waals surface area contributed by atoms with E-state index in [4.69, 9.17) is 5.73 Å². The van der Waals surface area contributed by atoms with Gasteiger partial charge in [-0.1, -0.05) is 12.2 Å². The molecule has 2 atom stereocenters. The van der Waals surface area contributed by atoms with Crippen LogP contribution in [0.1, 0.15) is 12.0 Å². The molecule has 4 rings (SSSR count). The largest absolute Gasteiger partial charge is 0.369 e. The van der Waals surface area contributed by atoms with Gasteiger partial charge in [0.05, 0.1) is 18.2 Å². The zero-order chi connectivity index (χ0) is 22.0. The first-order valence-corrected chi connectivity index (χ1v) is 10.5. The van der Waals surface area contributed by atoms with E-state index in [1.807, 2.05) is 24.3 Å². The minimum atomic E-state index is -0.587. The van der Waals surface area contributed by atoms with Crippen molar-refractivity contribution in [1.29, 1.82) is 0 Å². The van der Waals surface area contributed by atoms with E-state index >= 15 is 0 Å². The van der Waals surface area contributed by atoms with Crippen molar-refractivity contribution in [3.05, 3.63) is 47.9 Å². The highest BCUT2D eigenvalue weighted by molar-refractivity contribution is 5.79. The third kappa shape index (κ3) is 4.77. The molecule has 0 spiro atoms. The minimum Gasteiger partial charge on any atom is -0.369 e. The van der Waals surface area contributed by atoms with Gasteiger partial charge in [-0.05, 0) is 44.2 Å². The first kappa shape index (κ1) is 21.0. The molecule has 2 aliphatic rings. The number of likely N-dealkylation sites (N-methyl/N-ethyl adjacent to an activating group) is 1. The lowest BCUT2D eigenvalue weighted by molar-refractivity contribution is -0.121. The maximum Gasteiger partial charge on any atom is 0.229 e. The van der Waals surface area contributed by atoms with Crippen LogP contribution in [-0.2, 0) is 4.79 Å². The fraction of sp³-hybridized carbons (Fsp3) is 0.409. The number of primary amides is 1. The molecule has 0 unspecified atom stereocenters. The number of hydrogen-bond acceptors (Lipinski definition) is 7. The number of rotatable bonds is 6. The summed E-state index contributed by atoms with van der Waals surface area (Å²) >= 11 is 0. The third-order valence-corrected chi connectivity index (χ3v) is 5.88. The predicted octanol–water partition coefficient (Wildman–Crippen LogP) is 2.26. The molecule has 1 aromatic heterocycles. The molecule has 1 amide bonds. The van der Waals surface area contributed by atoms with E-state index in [2.05, 4.69) is 50.4 Å². The number of carbonyl (C=O) groups is 1. The number of nitrogens with two attached hydrogens (primary N) is 1. The van der Waals surface area contributed by atoms with Crippen LogP contribution in [0.3, 0.4) is 0 Å².